The van der Waals surface area contributed by atoms with Crippen molar-refractivity contribution in [2.75, 3.05) is 11.9 Å². The number of hydrogen-bond donors (Lipinski definition) is 2. The van der Waals surface area contributed by atoms with Crippen LogP contribution in [0.25, 0.3) is 0 Å². The van der Waals surface area contributed by atoms with Crippen molar-refractivity contribution < 1.29 is 14.7 Å². The number of aliphatic carboxylic acids is 1. The van der Waals surface area contributed by atoms with Crippen molar-refractivity contribution in [3.8, 4) is 6.07 Å². The average molecular weight is 275 g/mol. The maximum absolute atomic E-state index is 12.2. The Kier molecular flexibility index (Phi) is 5.54. The number of benzene rings is 1. The van der Waals surface area contributed by atoms with Gasteiger partial charge in [0.15, 0.2) is 0 Å². The van der Waals surface area contributed by atoms with Gasteiger partial charge in [0, 0.05) is 6.04 Å². The van der Waals surface area contributed by atoms with Gasteiger partial charge in [-0.15, -0.1) is 0 Å². The molecule has 106 valence electrons. The van der Waals surface area contributed by atoms with Crippen molar-refractivity contribution in [3.05, 3.63) is 29.8 Å². The summed E-state index contributed by atoms with van der Waals surface area (Å²) in [4.78, 5) is 24.2. The first-order chi connectivity index (χ1) is 9.49. The van der Waals surface area contributed by atoms with Crippen LogP contribution in [0.2, 0.25) is 0 Å². The quantitative estimate of drug-likeness (QED) is 0.862. The molecule has 2 N–H and O–H groups in total. The summed E-state index contributed by atoms with van der Waals surface area (Å²) in [6.07, 6.45) is 0.639. The third-order valence-corrected chi connectivity index (χ3v) is 2.98. The van der Waals surface area contributed by atoms with Crippen molar-refractivity contribution >= 4 is 17.7 Å². The normalized spacial score (nSPS) is 11.2. The van der Waals surface area contributed by atoms with Crippen LogP contribution >= 0.6 is 0 Å². The maximum atomic E-state index is 12.2. The molecule has 0 fully saturated rings. The fourth-order valence-electron chi connectivity index (χ4n) is 1.67. The number of rotatable bonds is 5. The number of carbonyl (C=O) groups excluding carboxylic acids is 1. The van der Waals surface area contributed by atoms with Gasteiger partial charge in [0.25, 0.3) is 0 Å². The lowest BCUT2D eigenvalue weighted by molar-refractivity contribution is -0.138. The van der Waals surface area contributed by atoms with Crippen LogP contribution in [0, 0.1) is 11.3 Å². The largest absolute Gasteiger partial charge is 0.480 e. The van der Waals surface area contributed by atoms with Crippen molar-refractivity contribution in [2.24, 2.45) is 0 Å². The smallest absolute Gasteiger partial charge is 0.323 e. The van der Waals surface area contributed by atoms with Crippen LogP contribution in [0.5, 0.6) is 0 Å². The number of para-hydroxylation sites is 1. The molecule has 1 rings (SSSR count). The van der Waals surface area contributed by atoms with E-state index >= 15 is 0 Å². The van der Waals surface area contributed by atoms with E-state index in [2.05, 4.69) is 5.32 Å². The number of amides is 2. The van der Waals surface area contributed by atoms with Gasteiger partial charge in [0.2, 0.25) is 0 Å². The Balaban J connectivity index is 2.91. The third kappa shape index (κ3) is 3.99. The average Bonchev–Trinajstić information content (AvgIpc) is 2.44. The summed E-state index contributed by atoms with van der Waals surface area (Å²) in [7, 11) is 0. The van der Waals surface area contributed by atoms with Gasteiger partial charge in [-0.2, -0.15) is 5.26 Å². The molecule has 1 aromatic carbocycles. The molecule has 0 radical (unpaired) electrons. The summed E-state index contributed by atoms with van der Waals surface area (Å²) in [5.41, 5.74) is 0.707. The molecule has 0 aromatic heterocycles. The molecular formula is C14H17N3O3. The van der Waals surface area contributed by atoms with Crippen LogP contribution in [0.1, 0.15) is 25.8 Å². The molecule has 1 unspecified atom stereocenters. The molecule has 0 aliphatic heterocycles. The molecule has 1 aromatic rings. The molecule has 0 heterocycles. The highest BCUT2D eigenvalue weighted by atomic mass is 16.4. The Morgan fingerprint density at radius 2 is 2.10 bits per heavy atom. The van der Waals surface area contributed by atoms with E-state index in [0.29, 0.717) is 17.7 Å². The standard InChI is InChI=1S/C14H17N3O3/c1-3-10(2)17(9-13(18)19)14(20)16-12-7-5-4-6-11(12)8-15/h4-7,10H,3,9H2,1-2H3,(H,16,20)(H,18,19). The van der Waals surface area contributed by atoms with Gasteiger partial charge in [-0.1, -0.05) is 19.1 Å². The summed E-state index contributed by atoms with van der Waals surface area (Å²) >= 11 is 0. The Labute approximate surface area is 117 Å². The van der Waals surface area contributed by atoms with Crippen LogP contribution in [-0.4, -0.2) is 34.6 Å². The van der Waals surface area contributed by atoms with Gasteiger partial charge in [-0.25, -0.2) is 4.79 Å². The van der Waals surface area contributed by atoms with E-state index in [4.69, 9.17) is 10.4 Å². The van der Waals surface area contributed by atoms with Crippen LogP contribution in [0.15, 0.2) is 24.3 Å². The van der Waals surface area contributed by atoms with E-state index < -0.39 is 12.0 Å². The van der Waals surface area contributed by atoms with Crippen molar-refractivity contribution in [1.82, 2.24) is 4.90 Å². The lowest BCUT2D eigenvalue weighted by atomic mass is 10.2. The minimum Gasteiger partial charge on any atom is -0.480 e. The third-order valence-electron chi connectivity index (χ3n) is 2.98. The predicted octanol–water partition coefficient (Wildman–Crippen LogP) is 2.28. The Morgan fingerprint density at radius 3 is 2.65 bits per heavy atom. The molecule has 20 heavy (non-hydrogen) atoms. The molecule has 0 bridgehead atoms. The van der Waals surface area contributed by atoms with Crippen LogP contribution in [0.4, 0.5) is 10.5 Å². The minimum absolute atomic E-state index is 0.208. The molecule has 2 amide bonds. The van der Waals surface area contributed by atoms with Gasteiger partial charge >= 0.3 is 12.0 Å². The van der Waals surface area contributed by atoms with E-state index in [0.717, 1.165) is 0 Å². The Bertz CT molecular complexity index is 537. The SMILES string of the molecule is CCC(C)N(CC(=O)O)C(=O)Nc1ccccc1C#N. The van der Waals surface area contributed by atoms with Crippen LogP contribution in [0.3, 0.4) is 0 Å². The van der Waals surface area contributed by atoms with Crippen molar-refractivity contribution in [3.63, 3.8) is 0 Å². The second-order valence-electron chi connectivity index (χ2n) is 4.37. The van der Waals surface area contributed by atoms with E-state index in [9.17, 15) is 9.59 Å². The highest BCUT2D eigenvalue weighted by Crippen LogP contribution is 2.15. The first kappa shape index (κ1) is 15.5. The highest BCUT2D eigenvalue weighted by molar-refractivity contribution is 5.92. The van der Waals surface area contributed by atoms with E-state index in [-0.39, 0.29) is 12.6 Å². The first-order valence-electron chi connectivity index (χ1n) is 6.28. The van der Waals surface area contributed by atoms with Gasteiger partial charge in [-0.05, 0) is 25.5 Å². The fraction of sp³-hybridized carbons (Fsp3) is 0.357. The number of carbonyl (C=O) groups is 2. The summed E-state index contributed by atoms with van der Waals surface area (Å²) in [5.74, 6) is -1.07. The molecule has 6 nitrogen and oxygen atoms in total. The van der Waals surface area contributed by atoms with Gasteiger partial charge in [-0.3, -0.25) is 4.79 Å². The second-order valence-corrected chi connectivity index (χ2v) is 4.37. The van der Waals surface area contributed by atoms with Gasteiger partial charge in [0.05, 0.1) is 11.3 Å². The molecule has 0 spiro atoms. The highest BCUT2D eigenvalue weighted by Gasteiger charge is 2.22. The zero-order valence-electron chi connectivity index (χ0n) is 11.5. The monoisotopic (exact) mass is 275 g/mol. The van der Waals surface area contributed by atoms with Gasteiger partial charge < -0.3 is 15.3 Å². The number of nitrogens with one attached hydrogen (secondary N) is 1. The number of nitrogens with zero attached hydrogens (tertiary/aromatic N) is 2. The number of carboxylic acid groups (broad SMARTS) is 1. The molecular weight excluding hydrogens is 258 g/mol. The topological polar surface area (TPSA) is 93.4 Å². The second kappa shape index (κ2) is 7.14. The lowest BCUT2D eigenvalue weighted by Crippen LogP contribution is -2.44. The summed E-state index contributed by atoms with van der Waals surface area (Å²) < 4.78 is 0. The Hall–Kier alpha value is -2.55. The molecule has 0 saturated carbocycles. The molecule has 0 saturated heterocycles. The number of nitriles is 1. The van der Waals surface area contributed by atoms with Gasteiger partial charge in [0.1, 0.15) is 12.6 Å². The first-order valence-corrected chi connectivity index (χ1v) is 6.28. The summed E-state index contributed by atoms with van der Waals surface area (Å²) in [5, 5.41) is 20.4. The van der Waals surface area contributed by atoms with Crippen LogP contribution < -0.4 is 5.32 Å². The fourth-order valence-corrected chi connectivity index (χ4v) is 1.67. The van der Waals surface area contributed by atoms with Crippen molar-refractivity contribution in [2.45, 2.75) is 26.3 Å². The molecule has 0 aliphatic carbocycles. The lowest BCUT2D eigenvalue weighted by Gasteiger charge is -2.27. The van der Waals surface area contributed by atoms with E-state index in [1.54, 1.807) is 31.2 Å². The number of carboxylic acids is 1. The number of anilines is 1. The molecule has 1 atom stereocenters. The maximum Gasteiger partial charge on any atom is 0.323 e. The van der Waals surface area contributed by atoms with Crippen molar-refractivity contribution in [1.29, 1.82) is 5.26 Å². The zero-order valence-corrected chi connectivity index (χ0v) is 11.5. The number of urea groups is 1. The van der Waals surface area contributed by atoms with E-state index in [1.807, 2.05) is 13.0 Å². The summed E-state index contributed by atoms with van der Waals surface area (Å²) in [6, 6.07) is 7.82. The number of hydrogen-bond acceptors (Lipinski definition) is 3. The summed E-state index contributed by atoms with van der Waals surface area (Å²) in [6.45, 7) is 3.27. The predicted molar refractivity (Wildman–Crippen MR) is 74.3 cm³/mol. The minimum atomic E-state index is -1.07. The Morgan fingerprint density at radius 1 is 1.45 bits per heavy atom. The zero-order chi connectivity index (χ0) is 15.1. The van der Waals surface area contributed by atoms with E-state index in [1.165, 1.54) is 4.90 Å². The molecule has 0 aliphatic rings. The van der Waals surface area contributed by atoms with Crippen LogP contribution in [-0.2, 0) is 4.79 Å². The molecule has 6 heteroatoms.